The Balaban J connectivity index is 1.51. The first-order chi connectivity index (χ1) is 22.7. The van der Waals surface area contributed by atoms with E-state index in [1.54, 1.807) is 41.8 Å². The van der Waals surface area contributed by atoms with Gasteiger partial charge in [0.1, 0.15) is 12.1 Å². The topological polar surface area (TPSA) is 123 Å². The monoisotopic (exact) mass is 625 g/mol. The van der Waals surface area contributed by atoms with Crippen molar-refractivity contribution in [2.24, 2.45) is 0 Å². The molecule has 5 aromatic rings. The number of para-hydroxylation sites is 4. The van der Waals surface area contributed by atoms with Crippen LogP contribution in [0, 0.1) is 11.3 Å². The molecule has 0 radical (unpaired) electrons. The Bertz CT molecular complexity index is 2030. The van der Waals surface area contributed by atoms with Crippen LogP contribution in [-0.4, -0.2) is 52.6 Å². The molecule has 10 nitrogen and oxygen atoms in total. The minimum Gasteiger partial charge on any atom is -0.341 e. The lowest BCUT2D eigenvalue weighted by molar-refractivity contribution is -0.128. The highest BCUT2D eigenvalue weighted by atomic mass is 16.2. The molecule has 0 bridgehead atoms. The molecule has 0 spiro atoms. The van der Waals surface area contributed by atoms with E-state index in [2.05, 4.69) is 16.7 Å². The number of amides is 2. The van der Waals surface area contributed by atoms with Gasteiger partial charge in [-0.1, -0.05) is 42.5 Å². The fourth-order valence-corrected chi connectivity index (χ4v) is 6.08. The third kappa shape index (κ3) is 5.73. The van der Waals surface area contributed by atoms with Gasteiger partial charge in [0.05, 0.1) is 52.5 Å². The quantitative estimate of drug-likeness (QED) is 0.225. The summed E-state index contributed by atoms with van der Waals surface area (Å²) < 4.78 is 1.75. The molecule has 1 aromatic heterocycles. The molecular weight excluding hydrogens is 590 g/mol. The predicted molar refractivity (Wildman–Crippen MR) is 182 cm³/mol. The average Bonchev–Trinajstić information content (AvgIpc) is 3.43. The van der Waals surface area contributed by atoms with Gasteiger partial charge in [0.15, 0.2) is 5.78 Å². The van der Waals surface area contributed by atoms with E-state index in [1.807, 2.05) is 90.7 Å². The van der Waals surface area contributed by atoms with E-state index in [-0.39, 0.29) is 24.1 Å². The van der Waals surface area contributed by atoms with E-state index < -0.39 is 18.1 Å². The number of benzene rings is 4. The maximum atomic E-state index is 14.7. The number of nitrogens with one attached hydrogen (secondary N) is 2. The molecule has 0 saturated carbocycles. The molecule has 10 heteroatoms. The van der Waals surface area contributed by atoms with Crippen LogP contribution in [0.25, 0.3) is 16.6 Å². The molecule has 3 atom stereocenters. The molecule has 47 heavy (non-hydrogen) atoms. The lowest BCUT2D eigenvalue weighted by atomic mass is 10.0. The number of fused-ring (bicyclic) bond motifs is 2. The van der Waals surface area contributed by atoms with Gasteiger partial charge in [-0.25, -0.2) is 4.68 Å². The number of ketones is 1. The second kappa shape index (κ2) is 12.9. The van der Waals surface area contributed by atoms with Gasteiger partial charge in [0.2, 0.25) is 5.91 Å². The van der Waals surface area contributed by atoms with Crippen molar-refractivity contribution in [1.82, 2.24) is 20.4 Å². The van der Waals surface area contributed by atoms with E-state index in [9.17, 15) is 19.6 Å². The van der Waals surface area contributed by atoms with Crippen LogP contribution in [0.3, 0.4) is 0 Å². The normalized spacial score (nSPS) is 16.7. The van der Waals surface area contributed by atoms with Gasteiger partial charge < -0.3 is 20.4 Å². The summed E-state index contributed by atoms with van der Waals surface area (Å²) in [5.41, 5.74) is 5.32. The Morgan fingerprint density at radius 3 is 2.23 bits per heavy atom. The lowest BCUT2D eigenvalue weighted by Crippen LogP contribution is -2.58. The highest BCUT2D eigenvalue weighted by molar-refractivity contribution is 6.05. The number of carbonyl (C=O) groups excluding carboxylic acids is 3. The summed E-state index contributed by atoms with van der Waals surface area (Å²) in [4.78, 5) is 43.8. The van der Waals surface area contributed by atoms with Crippen LogP contribution < -0.4 is 20.4 Å². The summed E-state index contributed by atoms with van der Waals surface area (Å²) in [6.07, 6.45) is 0. The molecule has 2 N–H and O–H groups in total. The number of likely N-dealkylation sites (N-methyl/N-ethyl adjacent to an activating group) is 1. The third-order valence-corrected chi connectivity index (χ3v) is 8.75. The molecule has 0 fully saturated rings. The van der Waals surface area contributed by atoms with E-state index in [1.165, 1.54) is 6.92 Å². The Labute approximate surface area is 273 Å². The molecular formula is C37H35N7O3. The van der Waals surface area contributed by atoms with Crippen LogP contribution in [0.15, 0.2) is 97.1 Å². The minimum atomic E-state index is -0.939. The maximum Gasteiger partial charge on any atom is 0.252 e. The van der Waals surface area contributed by atoms with E-state index >= 15 is 0 Å². The first-order valence-electron chi connectivity index (χ1n) is 15.5. The first-order valence-corrected chi connectivity index (χ1v) is 15.5. The summed E-state index contributed by atoms with van der Waals surface area (Å²) >= 11 is 0. The molecule has 236 valence electrons. The van der Waals surface area contributed by atoms with Crippen molar-refractivity contribution in [1.29, 1.82) is 5.26 Å². The fourth-order valence-electron chi connectivity index (χ4n) is 6.08. The largest absolute Gasteiger partial charge is 0.341 e. The zero-order valence-electron chi connectivity index (χ0n) is 26.6. The summed E-state index contributed by atoms with van der Waals surface area (Å²) in [6.45, 7) is 5.28. The second-order valence-corrected chi connectivity index (χ2v) is 11.6. The Hall–Kier alpha value is -5.79. The SMILES string of the molecule is CN[C@@H](C)C(=O)N[C@@H]1C(=O)N(Cc2nn(-c3ccccc3C#N)c3ccccc23)c2ccccc2N(c2ccc(C(C)=O)cc2)[C@H]1C. The Kier molecular flexibility index (Phi) is 8.57. The zero-order valence-corrected chi connectivity index (χ0v) is 26.6. The van der Waals surface area contributed by atoms with Crippen molar-refractivity contribution in [2.45, 2.75) is 45.4 Å². The number of hydrogen-bond acceptors (Lipinski definition) is 7. The maximum absolute atomic E-state index is 14.7. The summed E-state index contributed by atoms with van der Waals surface area (Å²) in [5, 5.41) is 21.6. The number of carbonyl (C=O) groups is 3. The van der Waals surface area contributed by atoms with Crippen molar-refractivity contribution >= 4 is 45.6 Å². The van der Waals surface area contributed by atoms with Crippen LogP contribution in [0.2, 0.25) is 0 Å². The van der Waals surface area contributed by atoms with Gasteiger partial charge in [-0.15, -0.1) is 0 Å². The van der Waals surface area contributed by atoms with Crippen molar-refractivity contribution in [2.75, 3.05) is 16.8 Å². The summed E-state index contributed by atoms with van der Waals surface area (Å²) in [6, 6.07) is 30.2. The molecule has 1 aliphatic heterocycles. The highest BCUT2D eigenvalue weighted by Gasteiger charge is 2.41. The number of rotatable bonds is 8. The van der Waals surface area contributed by atoms with Crippen molar-refractivity contribution < 1.29 is 14.4 Å². The van der Waals surface area contributed by atoms with Gasteiger partial charge >= 0.3 is 0 Å². The summed E-state index contributed by atoms with van der Waals surface area (Å²) in [5.74, 6) is -0.642. The predicted octanol–water partition coefficient (Wildman–Crippen LogP) is 5.27. The van der Waals surface area contributed by atoms with Crippen molar-refractivity contribution in [3.05, 3.63) is 114 Å². The van der Waals surface area contributed by atoms with Crippen LogP contribution in [0.4, 0.5) is 17.1 Å². The Morgan fingerprint density at radius 2 is 1.55 bits per heavy atom. The molecule has 2 amide bonds. The van der Waals surface area contributed by atoms with Crippen molar-refractivity contribution in [3.8, 4) is 11.8 Å². The standard InChI is InChI=1S/C37H35N7O3/c1-23(39-4)36(46)40-35-24(2)43(28-19-17-26(18-20-28)25(3)45)34-16-10-9-15-33(34)42(37(35)47)22-30-29-12-6-8-14-32(29)44(41-30)31-13-7-5-11-27(31)21-38/h5-20,23-24,35,39H,22H2,1-4H3,(H,40,46)/t23-,24-,35-/m0/s1. The van der Waals surface area contributed by atoms with Gasteiger partial charge in [0, 0.05) is 16.6 Å². The lowest BCUT2D eigenvalue weighted by Gasteiger charge is -2.34. The number of aromatic nitrogens is 2. The third-order valence-electron chi connectivity index (χ3n) is 8.75. The molecule has 0 aliphatic carbocycles. The molecule has 6 rings (SSSR count). The van der Waals surface area contributed by atoms with Crippen LogP contribution in [0.5, 0.6) is 0 Å². The van der Waals surface area contributed by atoms with E-state index in [0.717, 1.165) is 22.3 Å². The summed E-state index contributed by atoms with van der Waals surface area (Å²) in [7, 11) is 1.69. The van der Waals surface area contributed by atoms with Gasteiger partial charge in [-0.05, 0) is 82.4 Å². The zero-order chi connectivity index (χ0) is 33.2. The number of Topliss-reactive ketones (excluding diaryl/α,β-unsaturated/α-hetero) is 1. The fraction of sp³-hybridized carbons (Fsp3) is 0.216. The smallest absolute Gasteiger partial charge is 0.252 e. The van der Waals surface area contributed by atoms with Crippen LogP contribution in [-0.2, 0) is 16.1 Å². The van der Waals surface area contributed by atoms with Crippen molar-refractivity contribution in [3.63, 3.8) is 0 Å². The molecule has 4 aromatic carbocycles. The van der Waals surface area contributed by atoms with Gasteiger partial charge in [0.25, 0.3) is 5.91 Å². The van der Waals surface area contributed by atoms with E-state index in [0.29, 0.717) is 28.2 Å². The highest BCUT2D eigenvalue weighted by Crippen LogP contribution is 2.41. The number of anilines is 3. The van der Waals surface area contributed by atoms with Gasteiger partial charge in [-0.3, -0.25) is 14.4 Å². The number of nitriles is 1. The first kappa shape index (κ1) is 31.2. The Morgan fingerprint density at radius 1 is 0.915 bits per heavy atom. The van der Waals surface area contributed by atoms with Crippen LogP contribution >= 0.6 is 0 Å². The molecule has 0 saturated heterocycles. The molecule has 2 heterocycles. The second-order valence-electron chi connectivity index (χ2n) is 11.6. The van der Waals surface area contributed by atoms with Crippen LogP contribution in [0.1, 0.15) is 42.4 Å². The van der Waals surface area contributed by atoms with Gasteiger partial charge in [-0.2, -0.15) is 10.4 Å². The van der Waals surface area contributed by atoms with E-state index in [4.69, 9.17) is 5.10 Å². The molecule has 1 aliphatic rings. The average molecular weight is 626 g/mol. The number of hydrogen-bond donors (Lipinski definition) is 2. The minimum absolute atomic E-state index is 0.0440. The number of nitrogens with zero attached hydrogens (tertiary/aromatic N) is 5. The molecule has 0 unspecified atom stereocenters.